The summed E-state index contributed by atoms with van der Waals surface area (Å²) in [5.41, 5.74) is 2.38. The number of piperidine rings is 1. The van der Waals surface area contributed by atoms with E-state index in [2.05, 4.69) is 0 Å². The van der Waals surface area contributed by atoms with Gasteiger partial charge in [0.05, 0.1) is 10.5 Å². The normalized spacial score (nSPS) is 15.5. The lowest BCUT2D eigenvalue weighted by Gasteiger charge is -2.27. The molecular weight excluding hydrogens is 360 g/mol. The first-order valence-electron chi connectivity index (χ1n) is 9.30. The Balaban J connectivity index is 1.88. The summed E-state index contributed by atoms with van der Waals surface area (Å²) in [5.74, 6) is -0.283. The van der Waals surface area contributed by atoms with E-state index in [0.29, 0.717) is 19.6 Å². The molecule has 1 aliphatic rings. The first-order valence-corrected chi connectivity index (χ1v) is 10.7. The molecule has 6 heteroatoms. The molecule has 1 heterocycles. The molecule has 0 saturated carbocycles. The zero-order valence-corrected chi connectivity index (χ0v) is 16.7. The van der Waals surface area contributed by atoms with Crippen LogP contribution in [-0.4, -0.2) is 43.7 Å². The molecule has 0 atom stereocenters. The fraction of sp³-hybridized carbons (Fsp3) is 0.381. The van der Waals surface area contributed by atoms with E-state index in [9.17, 15) is 13.2 Å². The van der Waals surface area contributed by atoms with Crippen molar-refractivity contribution in [2.45, 2.75) is 37.6 Å². The van der Waals surface area contributed by atoms with Crippen molar-refractivity contribution >= 4 is 15.9 Å². The van der Waals surface area contributed by atoms with Gasteiger partial charge in [-0.25, -0.2) is 8.42 Å². The minimum Gasteiger partial charge on any atom is -0.337 e. The Kier molecular flexibility index (Phi) is 5.97. The first kappa shape index (κ1) is 19.6. The van der Waals surface area contributed by atoms with Crippen LogP contribution in [0.15, 0.2) is 53.4 Å². The average Bonchev–Trinajstić information content (AvgIpc) is 2.69. The van der Waals surface area contributed by atoms with Gasteiger partial charge < -0.3 is 4.90 Å². The van der Waals surface area contributed by atoms with Gasteiger partial charge in [-0.2, -0.15) is 4.31 Å². The molecule has 1 aliphatic heterocycles. The number of carbonyl (C=O) groups excluding carboxylic acids is 1. The van der Waals surface area contributed by atoms with Gasteiger partial charge in [0.2, 0.25) is 10.0 Å². The second kappa shape index (κ2) is 8.23. The lowest BCUT2D eigenvalue weighted by molar-refractivity contribution is 0.0781. The van der Waals surface area contributed by atoms with Gasteiger partial charge in [0.1, 0.15) is 0 Å². The molecule has 1 amide bonds. The third-order valence-corrected chi connectivity index (χ3v) is 7.02. The molecule has 1 saturated heterocycles. The Bertz CT molecular complexity index is 919. The Labute approximate surface area is 161 Å². The lowest BCUT2D eigenvalue weighted by atomic mass is 10.1. The summed E-state index contributed by atoms with van der Waals surface area (Å²) < 4.78 is 27.7. The molecule has 0 spiro atoms. The van der Waals surface area contributed by atoms with Gasteiger partial charge in [0.25, 0.3) is 5.91 Å². The van der Waals surface area contributed by atoms with Gasteiger partial charge in [-0.15, -0.1) is 0 Å². The molecule has 1 fully saturated rings. The number of sulfonamides is 1. The molecule has 2 aromatic rings. The molecule has 0 bridgehead atoms. The molecule has 27 heavy (non-hydrogen) atoms. The highest BCUT2D eigenvalue weighted by Crippen LogP contribution is 2.25. The molecule has 2 aromatic carbocycles. The highest BCUT2D eigenvalue weighted by molar-refractivity contribution is 7.89. The van der Waals surface area contributed by atoms with Gasteiger partial charge in [-0.3, -0.25) is 4.79 Å². The van der Waals surface area contributed by atoms with E-state index in [1.54, 1.807) is 36.2 Å². The largest absolute Gasteiger partial charge is 0.337 e. The topological polar surface area (TPSA) is 57.7 Å². The predicted molar refractivity (Wildman–Crippen MR) is 106 cm³/mol. The fourth-order valence-electron chi connectivity index (χ4n) is 3.43. The van der Waals surface area contributed by atoms with Crippen LogP contribution in [0, 0.1) is 6.92 Å². The number of rotatable bonds is 5. The highest BCUT2D eigenvalue weighted by Gasteiger charge is 2.30. The van der Waals surface area contributed by atoms with Crippen LogP contribution in [0.5, 0.6) is 0 Å². The number of nitrogens with zero attached hydrogens (tertiary/aromatic N) is 2. The summed E-state index contributed by atoms with van der Waals surface area (Å²) in [7, 11) is -1.96. The van der Waals surface area contributed by atoms with Crippen molar-refractivity contribution in [3.63, 3.8) is 0 Å². The smallest absolute Gasteiger partial charge is 0.255 e. The highest BCUT2D eigenvalue weighted by atomic mass is 32.2. The summed E-state index contributed by atoms with van der Waals surface area (Å²) in [4.78, 5) is 14.7. The van der Waals surface area contributed by atoms with E-state index >= 15 is 0 Å². The number of carbonyl (C=O) groups is 1. The summed E-state index contributed by atoms with van der Waals surface area (Å²) in [6.45, 7) is 3.47. The van der Waals surface area contributed by atoms with Gasteiger partial charge in [0.15, 0.2) is 0 Å². The molecular formula is C21H26N2O3S. The monoisotopic (exact) mass is 386 g/mol. The van der Waals surface area contributed by atoms with Crippen molar-refractivity contribution in [1.29, 1.82) is 0 Å². The maximum atomic E-state index is 13.1. The van der Waals surface area contributed by atoms with Gasteiger partial charge >= 0.3 is 0 Å². The second-order valence-corrected chi connectivity index (χ2v) is 8.95. The molecule has 3 rings (SSSR count). The van der Waals surface area contributed by atoms with E-state index in [1.807, 2.05) is 31.2 Å². The third-order valence-electron chi connectivity index (χ3n) is 5.07. The molecule has 0 aliphatic carbocycles. The van der Waals surface area contributed by atoms with Gasteiger partial charge in [-0.1, -0.05) is 42.8 Å². The molecule has 0 radical (unpaired) electrons. The Hall–Kier alpha value is -2.18. The zero-order valence-electron chi connectivity index (χ0n) is 15.9. The number of amides is 1. The van der Waals surface area contributed by atoms with Crippen LogP contribution in [0.25, 0.3) is 0 Å². The Morgan fingerprint density at radius 3 is 2.33 bits per heavy atom. The maximum Gasteiger partial charge on any atom is 0.255 e. The predicted octanol–water partition coefficient (Wildman–Crippen LogP) is 3.44. The SMILES string of the molecule is Cc1ccccc1CN(C)C(=O)c1ccccc1S(=O)(=O)N1CCCCC1. The molecule has 0 aromatic heterocycles. The lowest BCUT2D eigenvalue weighted by Crippen LogP contribution is -2.37. The number of hydrogen-bond donors (Lipinski definition) is 0. The van der Waals surface area contributed by atoms with Gasteiger partial charge in [0, 0.05) is 26.7 Å². The summed E-state index contributed by atoms with van der Waals surface area (Å²) in [5, 5.41) is 0. The molecule has 5 nitrogen and oxygen atoms in total. The fourth-order valence-corrected chi connectivity index (χ4v) is 5.13. The summed E-state index contributed by atoms with van der Waals surface area (Å²) in [6, 6.07) is 14.4. The van der Waals surface area contributed by atoms with Crippen molar-refractivity contribution in [1.82, 2.24) is 9.21 Å². The Morgan fingerprint density at radius 1 is 1.00 bits per heavy atom. The minimum absolute atomic E-state index is 0.105. The van der Waals surface area contributed by atoms with Crippen LogP contribution in [0.1, 0.15) is 40.7 Å². The van der Waals surface area contributed by atoms with Crippen molar-refractivity contribution in [3.8, 4) is 0 Å². The summed E-state index contributed by atoms with van der Waals surface area (Å²) in [6.07, 6.45) is 2.77. The summed E-state index contributed by atoms with van der Waals surface area (Å²) >= 11 is 0. The quantitative estimate of drug-likeness (QED) is 0.791. The third kappa shape index (κ3) is 4.22. The molecule has 144 valence electrons. The standard InChI is InChI=1S/C21H26N2O3S/c1-17-10-4-5-11-18(17)16-22(2)21(24)19-12-6-7-13-20(19)27(25,26)23-14-8-3-9-15-23/h4-7,10-13H,3,8-9,14-16H2,1-2H3. The number of aryl methyl sites for hydroxylation is 1. The van der Waals surface area contributed by atoms with Crippen LogP contribution in [0.3, 0.4) is 0 Å². The van der Waals surface area contributed by atoms with E-state index < -0.39 is 10.0 Å². The first-order chi connectivity index (χ1) is 12.9. The molecule has 0 unspecified atom stereocenters. The Morgan fingerprint density at radius 2 is 1.63 bits per heavy atom. The van der Waals surface area contributed by atoms with Crippen molar-refractivity contribution in [2.75, 3.05) is 20.1 Å². The van der Waals surface area contributed by atoms with E-state index in [-0.39, 0.29) is 16.4 Å². The van der Waals surface area contributed by atoms with Crippen LogP contribution in [0.4, 0.5) is 0 Å². The van der Waals surface area contributed by atoms with Gasteiger partial charge in [-0.05, 0) is 43.0 Å². The van der Waals surface area contributed by atoms with Crippen molar-refractivity contribution < 1.29 is 13.2 Å². The second-order valence-electron chi connectivity index (χ2n) is 7.05. The van der Waals surface area contributed by atoms with Crippen molar-refractivity contribution in [2.24, 2.45) is 0 Å². The zero-order chi connectivity index (χ0) is 19.4. The maximum absolute atomic E-state index is 13.1. The van der Waals surface area contributed by atoms with Crippen LogP contribution < -0.4 is 0 Å². The van der Waals surface area contributed by atoms with E-state index in [1.165, 1.54) is 4.31 Å². The minimum atomic E-state index is -3.67. The average molecular weight is 387 g/mol. The van der Waals surface area contributed by atoms with Crippen LogP contribution in [0.2, 0.25) is 0 Å². The van der Waals surface area contributed by atoms with E-state index in [4.69, 9.17) is 0 Å². The van der Waals surface area contributed by atoms with E-state index in [0.717, 1.165) is 30.4 Å². The van der Waals surface area contributed by atoms with Crippen LogP contribution >= 0.6 is 0 Å². The number of hydrogen-bond acceptors (Lipinski definition) is 3. The molecule has 0 N–H and O–H groups in total. The van der Waals surface area contributed by atoms with Crippen LogP contribution in [-0.2, 0) is 16.6 Å². The van der Waals surface area contributed by atoms with Crippen molar-refractivity contribution in [3.05, 3.63) is 65.2 Å². The number of benzene rings is 2.